The van der Waals surface area contributed by atoms with Crippen LogP contribution >= 0.6 is 11.3 Å². The summed E-state index contributed by atoms with van der Waals surface area (Å²) in [5, 5.41) is 5.38. The molecule has 0 bridgehead atoms. The highest BCUT2D eigenvalue weighted by Gasteiger charge is 2.16. The monoisotopic (exact) mass is 262 g/mol. The Morgan fingerprint density at radius 2 is 2.11 bits per heavy atom. The van der Waals surface area contributed by atoms with Gasteiger partial charge in [-0.05, 0) is 31.9 Å². The Labute approximate surface area is 111 Å². The van der Waals surface area contributed by atoms with Gasteiger partial charge in [0.1, 0.15) is 0 Å². The first-order valence-corrected chi connectivity index (χ1v) is 7.41. The van der Waals surface area contributed by atoms with Crippen LogP contribution in [0.4, 0.5) is 0 Å². The maximum absolute atomic E-state index is 5.81. The van der Waals surface area contributed by atoms with Crippen LogP contribution in [-0.2, 0) is 0 Å². The summed E-state index contributed by atoms with van der Waals surface area (Å²) < 4.78 is 7.88. The van der Waals surface area contributed by atoms with Crippen LogP contribution in [0.15, 0.2) is 24.5 Å². The van der Waals surface area contributed by atoms with Gasteiger partial charge in [0, 0.05) is 4.88 Å². The molecule has 0 N–H and O–H groups in total. The third kappa shape index (κ3) is 2.58. The first-order valence-electron chi connectivity index (χ1n) is 6.60. The largest absolute Gasteiger partial charge is 0.443 e. The van der Waals surface area contributed by atoms with E-state index in [-0.39, 0.29) is 0 Å². The highest BCUT2D eigenvalue weighted by atomic mass is 32.1. The lowest BCUT2D eigenvalue weighted by molar-refractivity contribution is 0.328. The van der Waals surface area contributed by atoms with Gasteiger partial charge in [-0.1, -0.05) is 19.3 Å². The van der Waals surface area contributed by atoms with Crippen molar-refractivity contribution >= 4 is 11.3 Å². The maximum Gasteiger partial charge on any atom is 0.181 e. The third-order valence-electron chi connectivity index (χ3n) is 3.46. The molecule has 4 heteroatoms. The quantitative estimate of drug-likeness (QED) is 0.811. The van der Waals surface area contributed by atoms with E-state index in [1.165, 1.54) is 37.0 Å². The van der Waals surface area contributed by atoms with Gasteiger partial charge in [-0.2, -0.15) is 5.10 Å². The zero-order valence-corrected chi connectivity index (χ0v) is 11.4. The summed E-state index contributed by atoms with van der Waals surface area (Å²) in [6.45, 7) is 2.09. The van der Waals surface area contributed by atoms with Gasteiger partial charge in [-0.15, -0.1) is 11.3 Å². The van der Waals surface area contributed by atoms with E-state index in [9.17, 15) is 0 Å². The summed E-state index contributed by atoms with van der Waals surface area (Å²) in [5.74, 6) is 0.849. The summed E-state index contributed by atoms with van der Waals surface area (Å²) in [4.78, 5) is 1.27. The van der Waals surface area contributed by atoms with Gasteiger partial charge in [0.15, 0.2) is 10.8 Å². The van der Waals surface area contributed by atoms with Crippen LogP contribution in [0.5, 0.6) is 10.8 Å². The summed E-state index contributed by atoms with van der Waals surface area (Å²) in [6.07, 6.45) is 10.4. The van der Waals surface area contributed by atoms with Crippen LogP contribution in [0.1, 0.15) is 43.0 Å². The molecule has 1 fully saturated rings. The molecule has 3 rings (SSSR count). The highest BCUT2D eigenvalue weighted by molar-refractivity contribution is 7.13. The van der Waals surface area contributed by atoms with Crippen molar-refractivity contribution in [2.45, 2.75) is 45.1 Å². The van der Waals surface area contributed by atoms with Gasteiger partial charge in [-0.25, -0.2) is 0 Å². The molecule has 18 heavy (non-hydrogen) atoms. The predicted octanol–water partition coefficient (Wildman–Crippen LogP) is 4.55. The number of thiophene rings is 1. The minimum absolute atomic E-state index is 0.571. The molecule has 1 saturated carbocycles. The minimum Gasteiger partial charge on any atom is -0.443 e. The van der Waals surface area contributed by atoms with Gasteiger partial charge >= 0.3 is 0 Å². The molecule has 3 nitrogen and oxygen atoms in total. The molecule has 0 amide bonds. The average molecular weight is 262 g/mol. The second kappa shape index (κ2) is 5.14. The molecule has 0 spiro atoms. The number of hydrogen-bond acceptors (Lipinski definition) is 3. The van der Waals surface area contributed by atoms with Crippen LogP contribution in [0.3, 0.4) is 0 Å². The normalized spacial score (nSPS) is 16.9. The Balaban J connectivity index is 1.69. The van der Waals surface area contributed by atoms with Crippen molar-refractivity contribution in [3.05, 3.63) is 29.4 Å². The zero-order valence-electron chi connectivity index (χ0n) is 10.6. The lowest BCUT2D eigenvalue weighted by atomic mass is 9.96. The molecular formula is C14H18N2OS. The van der Waals surface area contributed by atoms with E-state index in [2.05, 4.69) is 22.8 Å². The van der Waals surface area contributed by atoms with Gasteiger partial charge in [0.25, 0.3) is 0 Å². The van der Waals surface area contributed by atoms with Gasteiger partial charge in [0.05, 0.1) is 18.4 Å². The average Bonchev–Trinajstić information content (AvgIpc) is 3.01. The number of aryl methyl sites for hydroxylation is 1. The van der Waals surface area contributed by atoms with Crippen molar-refractivity contribution < 1.29 is 4.74 Å². The maximum atomic E-state index is 5.81. The van der Waals surface area contributed by atoms with E-state index in [0.29, 0.717) is 6.04 Å². The summed E-state index contributed by atoms with van der Waals surface area (Å²) >= 11 is 1.67. The highest BCUT2D eigenvalue weighted by Crippen LogP contribution is 2.31. The molecule has 1 aliphatic rings. The summed E-state index contributed by atoms with van der Waals surface area (Å²) in [7, 11) is 0. The standard InChI is InChI=1S/C14H18N2OS/c1-11-7-8-14(18-11)17-13-9-15-16(10-13)12-5-3-2-4-6-12/h7-10,12H,2-6H2,1H3. The van der Waals surface area contributed by atoms with Crippen molar-refractivity contribution in [2.75, 3.05) is 0 Å². The lowest BCUT2D eigenvalue weighted by Crippen LogP contribution is -2.12. The Kier molecular flexibility index (Phi) is 3.37. The second-order valence-corrected chi connectivity index (χ2v) is 6.17. The first-order chi connectivity index (χ1) is 8.81. The van der Waals surface area contributed by atoms with Gasteiger partial charge in [-0.3, -0.25) is 4.68 Å². The van der Waals surface area contributed by atoms with E-state index in [4.69, 9.17) is 4.74 Å². The van der Waals surface area contributed by atoms with E-state index >= 15 is 0 Å². The molecular weight excluding hydrogens is 244 g/mol. The fourth-order valence-corrected chi connectivity index (χ4v) is 3.23. The van der Waals surface area contributed by atoms with Crippen LogP contribution in [0.2, 0.25) is 0 Å². The fraction of sp³-hybridized carbons (Fsp3) is 0.500. The number of nitrogens with zero attached hydrogens (tertiary/aromatic N) is 2. The van der Waals surface area contributed by atoms with E-state index in [0.717, 1.165) is 10.8 Å². The molecule has 0 atom stereocenters. The molecule has 0 aromatic carbocycles. The fourth-order valence-electron chi connectivity index (χ4n) is 2.50. The van der Waals surface area contributed by atoms with Crippen LogP contribution < -0.4 is 4.74 Å². The number of aromatic nitrogens is 2. The molecule has 1 aliphatic carbocycles. The van der Waals surface area contributed by atoms with Gasteiger partial charge < -0.3 is 4.74 Å². The van der Waals surface area contributed by atoms with Gasteiger partial charge in [0.2, 0.25) is 0 Å². The van der Waals surface area contributed by atoms with Crippen molar-refractivity contribution in [3.8, 4) is 10.8 Å². The molecule has 0 unspecified atom stereocenters. The van der Waals surface area contributed by atoms with E-state index in [1.54, 1.807) is 11.3 Å². The Morgan fingerprint density at radius 3 is 2.83 bits per heavy atom. The Bertz CT molecular complexity index is 511. The van der Waals surface area contributed by atoms with Crippen molar-refractivity contribution in [3.63, 3.8) is 0 Å². The summed E-state index contributed by atoms with van der Waals surface area (Å²) in [5.41, 5.74) is 0. The molecule has 96 valence electrons. The zero-order chi connectivity index (χ0) is 12.4. The molecule has 0 radical (unpaired) electrons. The van der Waals surface area contributed by atoms with E-state index < -0.39 is 0 Å². The smallest absolute Gasteiger partial charge is 0.181 e. The summed E-state index contributed by atoms with van der Waals surface area (Å²) in [6, 6.07) is 4.66. The second-order valence-electron chi connectivity index (χ2n) is 4.92. The topological polar surface area (TPSA) is 27.1 Å². The number of rotatable bonds is 3. The van der Waals surface area contributed by atoms with Crippen molar-refractivity contribution in [1.82, 2.24) is 9.78 Å². The van der Waals surface area contributed by atoms with Crippen molar-refractivity contribution in [1.29, 1.82) is 0 Å². The minimum atomic E-state index is 0.571. The number of ether oxygens (including phenoxy) is 1. The van der Waals surface area contributed by atoms with Crippen LogP contribution in [0.25, 0.3) is 0 Å². The van der Waals surface area contributed by atoms with E-state index in [1.807, 2.05) is 18.5 Å². The Morgan fingerprint density at radius 1 is 1.28 bits per heavy atom. The first kappa shape index (κ1) is 11.8. The van der Waals surface area contributed by atoms with Crippen molar-refractivity contribution in [2.24, 2.45) is 0 Å². The predicted molar refractivity (Wildman–Crippen MR) is 73.5 cm³/mol. The number of hydrogen-bond donors (Lipinski definition) is 0. The van der Waals surface area contributed by atoms with Crippen LogP contribution in [-0.4, -0.2) is 9.78 Å². The molecule has 2 aromatic heterocycles. The molecule has 0 aliphatic heterocycles. The molecule has 2 heterocycles. The Hall–Kier alpha value is -1.29. The SMILES string of the molecule is Cc1ccc(Oc2cnn(C3CCCCC3)c2)s1. The third-order valence-corrected chi connectivity index (χ3v) is 4.34. The molecule has 2 aromatic rings. The lowest BCUT2D eigenvalue weighted by Gasteiger charge is -2.21. The molecule has 0 saturated heterocycles. The van der Waals surface area contributed by atoms with Crippen LogP contribution in [0, 0.1) is 6.92 Å².